The first-order valence-electron chi connectivity index (χ1n) is 8.56. The van der Waals surface area contributed by atoms with Crippen molar-refractivity contribution in [2.75, 3.05) is 10.6 Å². The first-order valence-corrected chi connectivity index (χ1v) is 10.0. The number of benzene rings is 3. The topological polar surface area (TPSA) is 95.5 Å². The maximum absolute atomic E-state index is 12.2. The molecule has 3 rings (SSSR count). The van der Waals surface area contributed by atoms with Crippen LogP contribution in [0.3, 0.4) is 0 Å². The summed E-state index contributed by atoms with van der Waals surface area (Å²) in [4.78, 5) is 12.1. The predicted octanol–water partition coefficient (Wildman–Crippen LogP) is 4.86. The van der Waals surface area contributed by atoms with Gasteiger partial charge in [-0.1, -0.05) is 42.0 Å². The number of nitrogens with one attached hydrogen (secondary N) is 2. The van der Waals surface area contributed by atoms with E-state index in [1.54, 1.807) is 55.5 Å². The molecule has 0 bridgehead atoms. The third-order valence-corrected chi connectivity index (χ3v) is 5.13. The average molecular weight is 396 g/mol. The van der Waals surface area contributed by atoms with E-state index in [1.807, 2.05) is 19.1 Å². The Balaban J connectivity index is 1.87. The summed E-state index contributed by atoms with van der Waals surface area (Å²) >= 11 is 0. The highest BCUT2D eigenvalue weighted by Crippen LogP contribution is 2.32. The molecule has 0 aliphatic carbocycles. The first kappa shape index (κ1) is 19.6. The fourth-order valence-corrected chi connectivity index (χ4v) is 3.70. The molecule has 3 aromatic carbocycles. The summed E-state index contributed by atoms with van der Waals surface area (Å²) in [6, 6.07) is 18.4. The minimum atomic E-state index is -4.38. The Labute approximate surface area is 164 Å². The molecule has 0 heterocycles. The van der Waals surface area contributed by atoms with Crippen molar-refractivity contribution in [3.05, 3.63) is 77.9 Å². The highest BCUT2D eigenvalue weighted by Gasteiger charge is 2.18. The van der Waals surface area contributed by atoms with E-state index in [-0.39, 0.29) is 4.90 Å². The van der Waals surface area contributed by atoms with Crippen LogP contribution < -0.4 is 10.6 Å². The maximum atomic E-state index is 12.2. The zero-order chi connectivity index (χ0) is 20.3. The Hall–Kier alpha value is -3.16. The summed E-state index contributed by atoms with van der Waals surface area (Å²) in [6.45, 7) is 3.72. The second-order valence-electron chi connectivity index (χ2n) is 6.45. The molecule has 0 unspecified atom stereocenters. The SMILES string of the molecule is Cc1ccc(NC(=O)Nc2cccc(-c3c(C)cccc3S(=O)(=O)O)c2)cc1. The number of hydrogen-bond acceptors (Lipinski definition) is 3. The lowest BCUT2D eigenvalue weighted by atomic mass is 10.00. The second-order valence-corrected chi connectivity index (χ2v) is 7.84. The Kier molecular flexibility index (Phi) is 5.48. The zero-order valence-corrected chi connectivity index (χ0v) is 16.2. The van der Waals surface area contributed by atoms with Gasteiger partial charge in [-0.05, 0) is 55.3 Å². The molecular weight excluding hydrogens is 376 g/mol. The first-order chi connectivity index (χ1) is 13.2. The van der Waals surface area contributed by atoms with Crippen molar-refractivity contribution in [3.8, 4) is 11.1 Å². The lowest BCUT2D eigenvalue weighted by molar-refractivity contribution is 0.262. The highest BCUT2D eigenvalue weighted by atomic mass is 32.2. The Morgan fingerprint density at radius 1 is 0.857 bits per heavy atom. The molecule has 6 nitrogen and oxygen atoms in total. The van der Waals surface area contributed by atoms with Gasteiger partial charge in [0.2, 0.25) is 0 Å². The summed E-state index contributed by atoms with van der Waals surface area (Å²) in [5, 5.41) is 5.47. The van der Waals surface area contributed by atoms with E-state index in [0.29, 0.717) is 28.1 Å². The lowest BCUT2D eigenvalue weighted by Gasteiger charge is -2.13. The van der Waals surface area contributed by atoms with Crippen molar-refractivity contribution in [1.82, 2.24) is 0 Å². The molecule has 0 fully saturated rings. The molecule has 0 aliphatic rings. The van der Waals surface area contributed by atoms with Crippen molar-refractivity contribution in [2.45, 2.75) is 18.7 Å². The van der Waals surface area contributed by atoms with E-state index in [4.69, 9.17) is 0 Å². The molecule has 3 N–H and O–H groups in total. The van der Waals surface area contributed by atoms with Gasteiger partial charge in [0.05, 0.1) is 0 Å². The van der Waals surface area contributed by atoms with E-state index in [1.165, 1.54) is 6.07 Å². The number of carbonyl (C=O) groups is 1. The van der Waals surface area contributed by atoms with Gasteiger partial charge < -0.3 is 10.6 Å². The average Bonchev–Trinajstić information content (AvgIpc) is 2.63. The van der Waals surface area contributed by atoms with Gasteiger partial charge in [-0.15, -0.1) is 0 Å². The van der Waals surface area contributed by atoms with Crippen molar-refractivity contribution in [1.29, 1.82) is 0 Å². The summed E-state index contributed by atoms with van der Waals surface area (Å²) < 4.78 is 33.0. The van der Waals surface area contributed by atoms with Crippen LogP contribution in [0.25, 0.3) is 11.1 Å². The summed E-state index contributed by atoms with van der Waals surface area (Å²) in [5.41, 5.74) is 3.90. The van der Waals surface area contributed by atoms with Crippen LogP contribution in [0.2, 0.25) is 0 Å². The lowest BCUT2D eigenvalue weighted by Crippen LogP contribution is -2.19. The van der Waals surface area contributed by atoms with Gasteiger partial charge in [-0.3, -0.25) is 4.55 Å². The van der Waals surface area contributed by atoms with Gasteiger partial charge in [0.1, 0.15) is 4.90 Å². The minimum absolute atomic E-state index is 0.172. The Morgan fingerprint density at radius 2 is 1.50 bits per heavy atom. The molecule has 0 saturated carbocycles. The van der Waals surface area contributed by atoms with Crippen LogP contribution in [0, 0.1) is 13.8 Å². The van der Waals surface area contributed by atoms with E-state index < -0.39 is 16.1 Å². The molecule has 144 valence electrons. The number of aryl methyl sites for hydroxylation is 2. The number of hydrogen-bond donors (Lipinski definition) is 3. The molecule has 28 heavy (non-hydrogen) atoms. The van der Waals surface area contributed by atoms with Crippen LogP contribution in [-0.4, -0.2) is 19.0 Å². The summed E-state index contributed by atoms with van der Waals surface area (Å²) in [6.07, 6.45) is 0. The largest absolute Gasteiger partial charge is 0.323 e. The van der Waals surface area contributed by atoms with Crippen molar-refractivity contribution >= 4 is 27.5 Å². The fourth-order valence-electron chi connectivity index (χ4n) is 2.91. The molecule has 0 saturated heterocycles. The van der Waals surface area contributed by atoms with Gasteiger partial charge in [-0.25, -0.2) is 4.79 Å². The zero-order valence-electron chi connectivity index (χ0n) is 15.4. The molecule has 0 radical (unpaired) electrons. The van der Waals surface area contributed by atoms with Crippen LogP contribution in [0.1, 0.15) is 11.1 Å². The highest BCUT2D eigenvalue weighted by molar-refractivity contribution is 7.86. The van der Waals surface area contributed by atoms with Crippen LogP contribution in [0.4, 0.5) is 16.2 Å². The molecule has 0 atom stereocenters. The summed E-state index contributed by atoms with van der Waals surface area (Å²) in [7, 11) is -4.38. The number of urea groups is 1. The van der Waals surface area contributed by atoms with Gasteiger partial charge >= 0.3 is 6.03 Å². The van der Waals surface area contributed by atoms with Gasteiger partial charge in [0.25, 0.3) is 10.1 Å². The second kappa shape index (κ2) is 7.84. The minimum Gasteiger partial charge on any atom is -0.308 e. The van der Waals surface area contributed by atoms with Crippen LogP contribution >= 0.6 is 0 Å². The monoisotopic (exact) mass is 396 g/mol. The van der Waals surface area contributed by atoms with E-state index >= 15 is 0 Å². The van der Waals surface area contributed by atoms with Crippen LogP contribution in [0.5, 0.6) is 0 Å². The quantitative estimate of drug-likeness (QED) is 0.549. The number of amides is 2. The van der Waals surface area contributed by atoms with Gasteiger partial charge in [0.15, 0.2) is 0 Å². The molecular formula is C21H20N2O4S. The standard InChI is InChI=1S/C21H20N2O4S/c1-14-9-11-17(12-10-14)22-21(24)23-18-7-4-6-16(13-18)20-15(2)5-3-8-19(20)28(25,26)27/h3-13H,1-2H3,(H2,22,23,24)(H,25,26,27). The maximum Gasteiger partial charge on any atom is 0.323 e. The van der Waals surface area contributed by atoms with Crippen molar-refractivity contribution in [3.63, 3.8) is 0 Å². The third-order valence-electron chi connectivity index (χ3n) is 4.23. The van der Waals surface area contributed by atoms with E-state index in [2.05, 4.69) is 10.6 Å². The van der Waals surface area contributed by atoms with Crippen molar-refractivity contribution in [2.24, 2.45) is 0 Å². The molecule has 0 aliphatic heterocycles. The number of carbonyl (C=O) groups excluding carboxylic acids is 1. The Morgan fingerprint density at radius 3 is 2.18 bits per heavy atom. The molecule has 0 aromatic heterocycles. The van der Waals surface area contributed by atoms with E-state index in [9.17, 15) is 17.8 Å². The van der Waals surface area contributed by atoms with Crippen molar-refractivity contribution < 1.29 is 17.8 Å². The molecule has 0 spiro atoms. The third kappa shape index (κ3) is 4.57. The van der Waals surface area contributed by atoms with Gasteiger partial charge in [0, 0.05) is 16.9 Å². The molecule has 7 heteroatoms. The molecule has 2 amide bonds. The van der Waals surface area contributed by atoms with Crippen LogP contribution in [0.15, 0.2) is 71.6 Å². The normalized spacial score (nSPS) is 11.1. The fraction of sp³-hybridized carbons (Fsp3) is 0.0952. The van der Waals surface area contributed by atoms with Crippen LogP contribution in [-0.2, 0) is 10.1 Å². The predicted molar refractivity (Wildman–Crippen MR) is 110 cm³/mol. The Bertz CT molecular complexity index is 1120. The summed E-state index contributed by atoms with van der Waals surface area (Å²) in [5.74, 6) is 0. The smallest absolute Gasteiger partial charge is 0.308 e. The van der Waals surface area contributed by atoms with E-state index in [0.717, 1.165) is 5.56 Å². The number of rotatable bonds is 4. The molecule has 3 aromatic rings. The van der Waals surface area contributed by atoms with Gasteiger partial charge in [-0.2, -0.15) is 8.42 Å². The number of anilines is 2.